The molecule has 1 aliphatic rings. The molecule has 0 aromatic heterocycles. The van der Waals surface area contributed by atoms with Crippen LogP contribution in [0.1, 0.15) is 24.0 Å². The molecular weight excluding hydrogens is 420 g/mol. The lowest BCUT2D eigenvalue weighted by molar-refractivity contribution is -0.128. The predicted octanol–water partition coefficient (Wildman–Crippen LogP) is 2.69. The summed E-state index contributed by atoms with van der Waals surface area (Å²) in [7, 11) is -1.83. The normalized spacial score (nSPS) is 13.9. The van der Waals surface area contributed by atoms with Crippen LogP contribution in [0.15, 0.2) is 48.5 Å². The van der Waals surface area contributed by atoms with Crippen molar-refractivity contribution in [3.05, 3.63) is 59.7 Å². The molecule has 0 aliphatic carbocycles. The number of thiocarbonyl (C=S) groups is 1. The van der Waals surface area contributed by atoms with Crippen LogP contribution in [0.25, 0.3) is 0 Å². The molecular formula is C21H26N4O3S2. The van der Waals surface area contributed by atoms with Gasteiger partial charge in [-0.05, 0) is 48.0 Å². The maximum absolute atomic E-state index is 11.9. The molecule has 9 heteroatoms. The van der Waals surface area contributed by atoms with E-state index in [0.29, 0.717) is 36.0 Å². The van der Waals surface area contributed by atoms with Gasteiger partial charge in [0.15, 0.2) is 5.11 Å². The molecule has 7 nitrogen and oxygen atoms in total. The van der Waals surface area contributed by atoms with Crippen LogP contribution in [-0.4, -0.2) is 44.2 Å². The first-order chi connectivity index (χ1) is 14.2. The number of sulfonamides is 1. The van der Waals surface area contributed by atoms with Crippen LogP contribution in [0.2, 0.25) is 0 Å². The summed E-state index contributed by atoms with van der Waals surface area (Å²) in [5, 5.41) is 6.71. The number of hydrogen-bond acceptors (Lipinski definition) is 4. The van der Waals surface area contributed by atoms with Crippen molar-refractivity contribution < 1.29 is 13.2 Å². The summed E-state index contributed by atoms with van der Waals surface area (Å²) < 4.78 is 24.7. The fourth-order valence-electron chi connectivity index (χ4n) is 3.28. The third-order valence-electron chi connectivity index (χ3n) is 5.06. The van der Waals surface area contributed by atoms with Crippen molar-refractivity contribution in [2.45, 2.75) is 25.9 Å². The Balaban J connectivity index is 1.61. The highest BCUT2D eigenvalue weighted by Gasteiger charge is 2.20. The van der Waals surface area contributed by atoms with Gasteiger partial charge in [0.2, 0.25) is 15.9 Å². The molecule has 1 amide bonds. The van der Waals surface area contributed by atoms with Gasteiger partial charge in [0.25, 0.3) is 0 Å². The van der Waals surface area contributed by atoms with E-state index in [1.165, 1.54) is 11.4 Å². The first-order valence-electron chi connectivity index (χ1n) is 9.67. The fourth-order valence-corrected chi connectivity index (χ4v) is 3.97. The SMILES string of the molecule is CN(c1cccc(NC(=S)NCc2ccccc2CN2CCCC2=O)c1)S(C)(=O)=O. The van der Waals surface area contributed by atoms with Gasteiger partial charge in [-0.1, -0.05) is 30.3 Å². The zero-order chi connectivity index (χ0) is 21.7. The van der Waals surface area contributed by atoms with Crippen molar-refractivity contribution in [1.82, 2.24) is 10.2 Å². The minimum absolute atomic E-state index is 0.203. The van der Waals surface area contributed by atoms with Gasteiger partial charge >= 0.3 is 0 Å². The van der Waals surface area contributed by atoms with Crippen molar-refractivity contribution in [2.75, 3.05) is 29.5 Å². The number of rotatable bonds is 7. The summed E-state index contributed by atoms with van der Waals surface area (Å²) in [6, 6.07) is 15.0. The summed E-state index contributed by atoms with van der Waals surface area (Å²) in [5.41, 5.74) is 3.41. The summed E-state index contributed by atoms with van der Waals surface area (Å²) in [4.78, 5) is 13.8. The lowest BCUT2D eigenvalue weighted by Crippen LogP contribution is -2.29. The highest BCUT2D eigenvalue weighted by molar-refractivity contribution is 7.92. The van der Waals surface area contributed by atoms with E-state index in [0.717, 1.165) is 30.3 Å². The number of carbonyl (C=O) groups is 1. The Bertz CT molecular complexity index is 1040. The lowest BCUT2D eigenvalue weighted by atomic mass is 10.1. The van der Waals surface area contributed by atoms with E-state index in [9.17, 15) is 13.2 Å². The standard InChI is InChI=1S/C21H26N4O3S2/c1-24(30(2,27)28)19-10-5-9-18(13-19)23-21(29)22-14-16-7-3-4-8-17(16)15-25-12-6-11-20(25)26/h3-5,7-10,13H,6,11-12,14-15H2,1-2H3,(H2,22,23,29). The molecule has 1 heterocycles. The maximum atomic E-state index is 11.9. The first-order valence-corrected chi connectivity index (χ1v) is 11.9. The molecule has 2 aromatic carbocycles. The van der Waals surface area contributed by atoms with E-state index in [2.05, 4.69) is 10.6 Å². The largest absolute Gasteiger partial charge is 0.358 e. The average Bonchev–Trinajstić information content (AvgIpc) is 3.11. The molecule has 3 rings (SSSR count). The van der Waals surface area contributed by atoms with Gasteiger partial charge in [0.05, 0.1) is 11.9 Å². The number of likely N-dealkylation sites (tertiary alicyclic amines) is 1. The number of anilines is 2. The topological polar surface area (TPSA) is 81.8 Å². The minimum Gasteiger partial charge on any atom is -0.358 e. The minimum atomic E-state index is -3.34. The molecule has 0 radical (unpaired) electrons. The molecule has 160 valence electrons. The zero-order valence-electron chi connectivity index (χ0n) is 17.1. The monoisotopic (exact) mass is 446 g/mol. The van der Waals surface area contributed by atoms with Gasteiger partial charge < -0.3 is 15.5 Å². The van der Waals surface area contributed by atoms with E-state index >= 15 is 0 Å². The molecule has 0 unspecified atom stereocenters. The number of benzene rings is 2. The van der Waals surface area contributed by atoms with Gasteiger partial charge in [0.1, 0.15) is 0 Å². The quantitative estimate of drug-likeness (QED) is 0.637. The summed E-state index contributed by atoms with van der Waals surface area (Å²) >= 11 is 5.40. The van der Waals surface area contributed by atoms with Crippen LogP contribution in [0.5, 0.6) is 0 Å². The van der Waals surface area contributed by atoms with Crippen molar-refractivity contribution in [3.63, 3.8) is 0 Å². The Kier molecular flexibility index (Phi) is 6.94. The number of nitrogens with one attached hydrogen (secondary N) is 2. The molecule has 1 saturated heterocycles. The molecule has 1 fully saturated rings. The summed E-state index contributed by atoms with van der Waals surface area (Å²) in [5.74, 6) is 0.203. The van der Waals surface area contributed by atoms with Crippen molar-refractivity contribution in [1.29, 1.82) is 0 Å². The van der Waals surface area contributed by atoms with Crippen LogP contribution in [0.4, 0.5) is 11.4 Å². The molecule has 0 saturated carbocycles. The molecule has 0 bridgehead atoms. The molecule has 2 N–H and O–H groups in total. The van der Waals surface area contributed by atoms with E-state index < -0.39 is 10.0 Å². The summed E-state index contributed by atoms with van der Waals surface area (Å²) in [6.45, 7) is 1.93. The Morgan fingerprint density at radius 1 is 1.17 bits per heavy atom. The van der Waals surface area contributed by atoms with Crippen molar-refractivity contribution in [2.24, 2.45) is 0 Å². The molecule has 30 heavy (non-hydrogen) atoms. The zero-order valence-corrected chi connectivity index (χ0v) is 18.7. The predicted molar refractivity (Wildman–Crippen MR) is 124 cm³/mol. The molecule has 1 aliphatic heterocycles. The second kappa shape index (κ2) is 9.44. The van der Waals surface area contributed by atoms with Crippen LogP contribution >= 0.6 is 12.2 Å². The highest BCUT2D eigenvalue weighted by atomic mass is 32.2. The molecule has 0 atom stereocenters. The summed E-state index contributed by atoms with van der Waals surface area (Å²) in [6.07, 6.45) is 2.70. The van der Waals surface area contributed by atoms with Crippen LogP contribution in [-0.2, 0) is 27.9 Å². The van der Waals surface area contributed by atoms with Gasteiger partial charge in [-0.25, -0.2) is 8.42 Å². The first kappa shape index (κ1) is 22.0. The molecule has 0 spiro atoms. The average molecular weight is 447 g/mol. The third kappa shape index (κ3) is 5.70. The Hall–Kier alpha value is -2.65. The van der Waals surface area contributed by atoms with Crippen LogP contribution in [0.3, 0.4) is 0 Å². The second-order valence-corrected chi connectivity index (χ2v) is 9.70. The van der Waals surface area contributed by atoms with Crippen molar-refractivity contribution in [3.8, 4) is 0 Å². The Labute approximate surface area is 183 Å². The smallest absolute Gasteiger partial charge is 0.231 e. The number of nitrogens with zero attached hydrogens (tertiary/aromatic N) is 2. The van der Waals surface area contributed by atoms with E-state index in [-0.39, 0.29) is 5.91 Å². The Morgan fingerprint density at radius 3 is 2.57 bits per heavy atom. The van der Waals surface area contributed by atoms with Gasteiger partial charge in [-0.3, -0.25) is 9.10 Å². The lowest BCUT2D eigenvalue weighted by Gasteiger charge is -2.19. The van der Waals surface area contributed by atoms with Gasteiger partial charge in [-0.2, -0.15) is 0 Å². The van der Waals surface area contributed by atoms with Crippen molar-refractivity contribution >= 4 is 44.6 Å². The van der Waals surface area contributed by atoms with E-state index in [4.69, 9.17) is 12.2 Å². The number of carbonyl (C=O) groups excluding carboxylic acids is 1. The fraction of sp³-hybridized carbons (Fsp3) is 0.333. The van der Waals surface area contributed by atoms with E-state index in [1.54, 1.807) is 18.2 Å². The van der Waals surface area contributed by atoms with Gasteiger partial charge in [-0.15, -0.1) is 0 Å². The molecule has 2 aromatic rings. The highest BCUT2D eigenvalue weighted by Crippen LogP contribution is 2.21. The maximum Gasteiger partial charge on any atom is 0.231 e. The second-order valence-electron chi connectivity index (χ2n) is 7.28. The third-order valence-corrected chi connectivity index (χ3v) is 6.51. The van der Waals surface area contributed by atoms with Gasteiger partial charge in [0, 0.05) is 38.8 Å². The van der Waals surface area contributed by atoms with E-state index in [1.807, 2.05) is 35.2 Å². The number of hydrogen-bond donors (Lipinski definition) is 2. The Morgan fingerprint density at radius 2 is 1.90 bits per heavy atom. The van der Waals surface area contributed by atoms with Crippen LogP contribution in [0, 0.1) is 0 Å². The number of amides is 1. The van der Waals surface area contributed by atoms with Crippen LogP contribution < -0.4 is 14.9 Å².